The van der Waals surface area contributed by atoms with Crippen LogP contribution in [-0.4, -0.2) is 28.6 Å². The molecule has 0 saturated carbocycles. The molecular weight excluding hydrogens is 409 g/mol. The van der Waals surface area contributed by atoms with Crippen LogP contribution >= 0.6 is 0 Å². The summed E-state index contributed by atoms with van der Waals surface area (Å²) < 4.78 is 20.2. The van der Waals surface area contributed by atoms with Crippen LogP contribution in [0.2, 0.25) is 0 Å². The SMILES string of the molecule is CCOc1ccc2ccccc2c1C(=O)NCCn1cnc(-c2ccc(F)cc2)cc1=O. The van der Waals surface area contributed by atoms with E-state index in [0.29, 0.717) is 29.2 Å². The van der Waals surface area contributed by atoms with Gasteiger partial charge in [0.1, 0.15) is 11.6 Å². The Morgan fingerprint density at radius 3 is 2.62 bits per heavy atom. The molecule has 4 rings (SSSR count). The highest BCUT2D eigenvalue weighted by molar-refractivity contribution is 6.09. The number of aromatic nitrogens is 2. The van der Waals surface area contributed by atoms with E-state index in [1.54, 1.807) is 18.2 Å². The van der Waals surface area contributed by atoms with Crippen LogP contribution in [0.25, 0.3) is 22.0 Å². The maximum absolute atomic E-state index is 13.1. The molecule has 0 spiro atoms. The third-order valence-corrected chi connectivity index (χ3v) is 5.08. The van der Waals surface area contributed by atoms with E-state index in [2.05, 4.69) is 10.3 Å². The Morgan fingerprint density at radius 2 is 1.88 bits per heavy atom. The van der Waals surface area contributed by atoms with Crippen molar-refractivity contribution in [1.82, 2.24) is 14.9 Å². The van der Waals surface area contributed by atoms with Gasteiger partial charge in [-0.05, 0) is 48.0 Å². The molecule has 3 aromatic carbocycles. The van der Waals surface area contributed by atoms with Crippen molar-refractivity contribution < 1.29 is 13.9 Å². The Bertz CT molecular complexity index is 1320. The van der Waals surface area contributed by atoms with E-state index in [9.17, 15) is 14.0 Å². The molecule has 1 amide bonds. The Hall–Kier alpha value is -4.00. The number of hydrogen-bond donors (Lipinski definition) is 1. The third-order valence-electron chi connectivity index (χ3n) is 5.08. The Labute approximate surface area is 184 Å². The minimum absolute atomic E-state index is 0.241. The van der Waals surface area contributed by atoms with Gasteiger partial charge in [-0.2, -0.15) is 0 Å². The van der Waals surface area contributed by atoms with Gasteiger partial charge in [0.05, 0.1) is 24.2 Å². The molecule has 0 aliphatic carbocycles. The molecule has 0 fully saturated rings. The van der Waals surface area contributed by atoms with Gasteiger partial charge in [-0.15, -0.1) is 0 Å². The fourth-order valence-electron chi connectivity index (χ4n) is 3.51. The van der Waals surface area contributed by atoms with E-state index >= 15 is 0 Å². The van der Waals surface area contributed by atoms with Crippen LogP contribution in [0.15, 0.2) is 77.9 Å². The van der Waals surface area contributed by atoms with Gasteiger partial charge in [-0.1, -0.05) is 30.3 Å². The van der Waals surface area contributed by atoms with Crippen molar-refractivity contribution in [3.63, 3.8) is 0 Å². The molecular formula is C25H22FN3O3. The molecule has 0 saturated heterocycles. The van der Waals surface area contributed by atoms with Gasteiger partial charge in [0.15, 0.2) is 0 Å². The zero-order valence-electron chi connectivity index (χ0n) is 17.5. The Morgan fingerprint density at radius 1 is 1.09 bits per heavy atom. The number of carbonyl (C=O) groups is 1. The maximum atomic E-state index is 13.1. The minimum Gasteiger partial charge on any atom is -0.493 e. The molecule has 4 aromatic rings. The van der Waals surface area contributed by atoms with Gasteiger partial charge in [-0.25, -0.2) is 9.37 Å². The molecule has 7 heteroatoms. The number of nitrogens with zero attached hydrogens (tertiary/aromatic N) is 2. The van der Waals surface area contributed by atoms with Crippen molar-refractivity contribution in [3.05, 3.63) is 94.8 Å². The first-order valence-electron chi connectivity index (χ1n) is 10.3. The topological polar surface area (TPSA) is 73.2 Å². The van der Waals surface area contributed by atoms with E-state index in [1.807, 2.05) is 37.3 Å². The molecule has 6 nitrogen and oxygen atoms in total. The zero-order valence-corrected chi connectivity index (χ0v) is 17.5. The molecule has 0 radical (unpaired) electrons. The van der Waals surface area contributed by atoms with Crippen LogP contribution in [-0.2, 0) is 6.54 Å². The Balaban J connectivity index is 1.48. The van der Waals surface area contributed by atoms with Crippen molar-refractivity contribution in [2.24, 2.45) is 0 Å². The summed E-state index contributed by atoms with van der Waals surface area (Å²) in [7, 11) is 0. The highest BCUT2D eigenvalue weighted by Gasteiger charge is 2.16. The zero-order chi connectivity index (χ0) is 22.5. The molecule has 1 N–H and O–H groups in total. The lowest BCUT2D eigenvalue weighted by atomic mass is 10.0. The summed E-state index contributed by atoms with van der Waals surface area (Å²) in [5.74, 6) is -0.100. The number of nitrogens with one attached hydrogen (secondary N) is 1. The van der Waals surface area contributed by atoms with Gasteiger partial charge in [0, 0.05) is 24.7 Å². The van der Waals surface area contributed by atoms with Gasteiger partial charge in [0.2, 0.25) is 0 Å². The summed E-state index contributed by atoms with van der Waals surface area (Å²) in [5.41, 5.74) is 1.34. The average molecular weight is 431 g/mol. The van der Waals surface area contributed by atoms with Gasteiger partial charge in [-0.3, -0.25) is 14.2 Å². The maximum Gasteiger partial charge on any atom is 0.255 e. The fourth-order valence-corrected chi connectivity index (χ4v) is 3.51. The molecule has 0 aliphatic rings. The molecule has 162 valence electrons. The fraction of sp³-hybridized carbons (Fsp3) is 0.160. The number of hydrogen-bond acceptors (Lipinski definition) is 4. The molecule has 0 bridgehead atoms. The lowest BCUT2D eigenvalue weighted by Gasteiger charge is -2.14. The number of fused-ring (bicyclic) bond motifs is 1. The van der Waals surface area contributed by atoms with E-state index in [1.165, 1.54) is 29.1 Å². The van der Waals surface area contributed by atoms with Crippen molar-refractivity contribution in [2.75, 3.05) is 13.2 Å². The molecule has 0 unspecified atom stereocenters. The monoisotopic (exact) mass is 431 g/mol. The van der Waals surface area contributed by atoms with Gasteiger partial charge in [0.25, 0.3) is 11.5 Å². The van der Waals surface area contributed by atoms with Crippen LogP contribution in [0.1, 0.15) is 17.3 Å². The van der Waals surface area contributed by atoms with Crippen LogP contribution in [0.3, 0.4) is 0 Å². The predicted molar refractivity (Wildman–Crippen MR) is 121 cm³/mol. The lowest BCUT2D eigenvalue weighted by molar-refractivity contribution is 0.0950. The van der Waals surface area contributed by atoms with Crippen molar-refractivity contribution >= 4 is 16.7 Å². The first kappa shape index (κ1) is 21.2. The van der Waals surface area contributed by atoms with Crippen LogP contribution in [0.4, 0.5) is 4.39 Å². The first-order chi connectivity index (χ1) is 15.6. The highest BCUT2D eigenvalue weighted by Crippen LogP contribution is 2.28. The molecule has 1 heterocycles. The number of halogens is 1. The van der Waals surface area contributed by atoms with E-state index in [4.69, 9.17) is 4.74 Å². The third kappa shape index (κ3) is 4.51. The largest absolute Gasteiger partial charge is 0.493 e. The quantitative estimate of drug-likeness (QED) is 0.480. The summed E-state index contributed by atoms with van der Waals surface area (Å²) in [6.07, 6.45) is 1.43. The number of rotatable bonds is 7. The first-order valence-corrected chi connectivity index (χ1v) is 10.3. The van der Waals surface area contributed by atoms with E-state index < -0.39 is 0 Å². The van der Waals surface area contributed by atoms with E-state index in [0.717, 1.165) is 10.8 Å². The van der Waals surface area contributed by atoms with Crippen molar-refractivity contribution in [2.45, 2.75) is 13.5 Å². The van der Waals surface area contributed by atoms with Crippen molar-refractivity contribution in [1.29, 1.82) is 0 Å². The van der Waals surface area contributed by atoms with Crippen molar-refractivity contribution in [3.8, 4) is 17.0 Å². The second-order valence-electron chi connectivity index (χ2n) is 7.16. The number of amides is 1. The van der Waals surface area contributed by atoms with Crippen LogP contribution in [0, 0.1) is 5.82 Å². The average Bonchev–Trinajstić information content (AvgIpc) is 2.80. The smallest absolute Gasteiger partial charge is 0.255 e. The normalized spacial score (nSPS) is 10.8. The van der Waals surface area contributed by atoms with Gasteiger partial charge < -0.3 is 10.1 Å². The number of ether oxygens (including phenoxy) is 1. The minimum atomic E-state index is -0.350. The molecule has 0 aliphatic heterocycles. The number of carbonyl (C=O) groups excluding carboxylic acids is 1. The summed E-state index contributed by atoms with van der Waals surface area (Å²) in [6, 6.07) is 18.5. The van der Waals surface area contributed by atoms with E-state index in [-0.39, 0.29) is 30.4 Å². The molecule has 0 atom stereocenters. The second kappa shape index (κ2) is 9.43. The van der Waals surface area contributed by atoms with Crippen LogP contribution in [0.5, 0.6) is 5.75 Å². The Kier molecular flexibility index (Phi) is 6.26. The lowest BCUT2D eigenvalue weighted by Crippen LogP contribution is -2.31. The number of benzene rings is 3. The summed E-state index contributed by atoms with van der Waals surface area (Å²) in [4.78, 5) is 29.7. The predicted octanol–water partition coefficient (Wildman–Crippen LogP) is 4.03. The molecule has 32 heavy (non-hydrogen) atoms. The van der Waals surface area contributed by atoms with Gasteiger partial charge >= 0.3 is 0 Å². The second-order valence-corrected chi connectivity index (χ2v) is 7.16. The van der Waals surface area contributed by atoms with Crippen LogP contribution < -0.4 is 15.6 Å². The summed E-state index contributed by atoms with van der Waals surface area (Å²) in [6.45, 7) is 2.81. The summed E-state index contributed by atoms with van der Waals surface area (Å²) in [5, 5.41) is 4.62. The molecule has 1 aromatic heterocycles. The summed E-state index contributed by atoms with van der Waals surface area (Å²) >= 11 is 0. The highest BCUT2D eigenvalue weighted by atomic mass is 19.1. The standard InChI is InChI=1S/C25H22FN3O3/c1-2-32-22-12-9-17-5-3-4-6-20(17)24(22)25(31)27-13-14-29-16-28-21(15-23(29)30)18-7-10-19(26)11-8-18/h3-12,15-16H,2,13-14H2,1H3,(H,27,31).